The topological polar surface area (TPSA) is 86.6 Å². The minimum absolute atomic E-state index is 0.104. The third kappa shape index (κ3) is 4.97. The minimum atomic E-state index is -1.14. The van der Waals surface area contributed by atoms with Gasteiger partial charge in [0.15, 0.2) is 0 Å². The van der Waals surface area contributed by atoms with Gasteiger partial charge in [0.05, 0.1) is 6.42 Å². The molecule has 1 aromatic rings. The van der Waals surface area contributed by atoms with Crippen LogP contribution in [0.3, 0.4) is 0 Å². The molecule has 0 saturated carbocycles. The van der Waals surface area contributed by atoms with Crippen molar-refractivity contribution in [1.29, 1.82) is 0 Å². The summed E-state index contributed by atoms with van der Waals surface area (Å²) in [5.41, 5.74) is 1.08. The lowest BCUT2D eigenvalue weighted by molar-refractivity contribution is -0.146. The Balaban J connectivity index is 2.53. The molecule has 5 nitrogen and oxygen atoms in total. The second-order valence-corrected chi connectivity index (χ2v) is 4.25. The molecule has 0 saturated heterocycles. The first-order valence-electron chi connectivity index (χ1n) is 5.73. The van der Waals surface area contributed by atoms with E-state index in [9.17, 15) is 9.59 Å². The fourth-order valence-electron chi connectivity index (χ4n) is 1.76. The molecule has 5 heteroatoms. The van der Waals surface area contributed by atoms with E-state index >= 15 is 0 Å². The van der Waals surface area contributed by atoms with Gasteiger partial charge in [0.1, 0.15) is 6.04 Å². The zero-order valence-electron chi connectivity index (χ0n) is 10.2. The van der Waals surface area contributed by atoms with Gasteiger partial charge in [-0.1, -0.05) is 30.3 Å². The number of aliphatic carboxylic acids is 2. The number of carbonyl (C=O) groups is 2. The summed E-state index contributed by atoms with van der Waals surface area (Å²) >= 11 is 0. The molecule has 0 radical (unpaired) electrons. The Bertz CT molecular complexity index is 405. The summed E-state index contributed by atoms with van der Waals surface area (Å²) in [7, 11) is 0. The van der Waals surface area contributed by atoms with Crippen molar-refractivity contribution in [3.63, 3.8) is 0 Å². The van der Waals surface area contributed by atoms with Gasteiger partial charge < -0.3 is 15.5 Å². The van der Waals surface area contributed by atoms with Gasteiger partial charge in [0, 0.05) is 6.04 Å². The highest BCUT2D eigenvalue weighted by molar-refractivity contribution is 5.80. The Morgan fingerprint density at radius 3 is 2.33 bits per heavy atom. The number of nitrogens with one attached hydrogen (secondary N) is 1. The van der Waals surface area contributed by atoms with Gasteiger partial charge >= 0.3 is 11.9 Å². The van der Waals surface area contributed by atoms with Crippen molar-refractivity contribution in [3.8, 4) is 0 Å². The van der Waals surface area contributed by atoms with E-state index < -0.39 is 24.4 Å². The van der Waals surface area contributed by atoms with Crippen LogP contribution in [0.15, 0.2) is 30.3 Å². The predicted molar refractivity (Wildman–Crippen MR) is 66.4 cm³/mol. The smallest absolute Gasteiger partial charge is 0.321 e. The first-order chi connectivity index (χ1) is 8.49. The number of carboxylic acid groups (broad SMARTS) is 2. The summed E-state index contributed by atoms with van der Waals surface area (Å²) in [4.78, 5) is 21.4. The molecule has 0 amide bonds. The van der Waals surface area contributed by atoms with Crippen molar-refractivity contribution < 1.29 is 19.8 Å². The van der Waals surface area contributed by atoms with E-state index in [1.807, 2.05) is 37.3 Å². The van der Waals surface area contributed by atoms with Gasteiger partial charge in [-0.15, -0.1) is 0 Å². The summed E-state index contributed by atoms with van der Waals surface area (Å²) in [6.45, 7) is 1.84. The zero-order chi connectivity index (χ0) is 13.5. The SMILES string of the molecule is C[C@@H](Cc1ccccc1)N[C@@H](CC(=O)O)C(=O)O. The van der Waals surface area contributed by atoms with Gasteiger partial charge in [-0.3, -0.25) is 9.59 Å². The number of hydrogen-bond donors (Lipinski definition) is 3. The number of carboxylic acids is 2. The number of hydrogen-bond acceptors (Lipinski definition) is 3. The molecule has 0 unspecified atom stereocenters. The fraction of sp³-hybridized carbons (Fsp3) is 0.385. The maximum atomic E-state index is 10.9. The van der Waals surface area contributed by atoms with E-state index in [0.29, 0.717) is 6.42 Å². The quantitative estimate of drug-likeness (QED) is 0.676. The third-order valence-electron chi connectivity index (χ3n) is 2.55. The van der Waals surface area contributed by atoms with Gasteiger partial charge in [0.2, 0.25) is 0 Å². The Morgan fingerprint density at radius 1 is 1.22 bits per heavy atom. The highest BCUT2D eigenvalue weighted by Gasteiger charge is 2.22. The summed E-state index contributed by atoms with van der Waals surface area (Å²) in [5.74, 6) is -2.26. The van der Waals surface area contributed by atoms with Crippen molar-refractivity contribution >= 4 is 11.9 Å². The zero-order valence-corrected chi connectivity index (χ0v) is 10.2. The molecule has 0 aliphatic heterocycles. The Kier molecular flexibility index (Phi) is 5.32. The lowest BCUT2D eigenvalue weighted by atomic mass is 10.1. The molecule has 0 aromatic heterocycles. The van der Waals surface area contributed by atoms with E-state index in [1.165, 1.54) is 0 Å². The lowest BCUT2D eigenvalue weighted by Gasteiger charge is -2.19. The fourth-order valence-corrected chi connectivity index (χ4v) is 1.76. The minimum Gasteiger partial charge on any atom is -0.481 e. The van der Waals surface area contributed by atoms with Crippen molar-refractivity contribution in [3.05, 3.63) is 35.9 Å². The molecule has 0 aliphatic carbocycles. The van der Waals surface area contributed by atoms with Crippen LogP contribution in [-0.2, 0) is 16.0 Å². The number of rotatable bonds is 7. The van der Waals surface area contributed by atoms with Crippen LogP contribution in [0.4, 0.5) is 0 Å². The molecular formula is C13H17NO4. The largest absolute Gasteiger partial charge is 0.481 e. The summed E-state index contributed by atoms with van der Waals surface area (Å²) in [6.07, 6.45) is 0.235. The van der Waals surface area contributed by atoms with Gasteiger partial charge in [-0.25, -0.2) is 0 Å². The highest BCUT2D eigenvalue weighted by atomic mass is 16.4. The first kappa shape index (κ1) is 14.2. The van der Waals surface area contributed by atoms with E-state index in [-0.39, 0.29) is 6.04 Å². The maximum Gasteiger partial charge on any atom is 0.321 e. The Hall–Kier alpha value is -1.88. The Morgan fingerprint density at radius 2 is 1.83 bits per heavy atom. The molecule has 0 spiro atoms. The first-order valence-corrected chi connectivity index (χ1v) is 5.73. The molecule has 0 bridgehead atoms. The molecule has 0 fully saturated rings. The predicted octanol–water partition coefficient (Wildman–Crippen LogP) is 1.14. The molecule has 98 valence electrons. The maximum absolute atomic E-state index is 10.9. The van der Waals surface area contributed by atoms with E-state index in [2.05, 4.69) is 5.32 Å². The summed E-state index contributed by atoms with van der Waals surface area (Å²) in [5, 5.41) is 20.4. The van der Waals surface area contributed by atoms with Crippen LogP contribution >= 0.6 is 0 Å². The average molecular weight is 251 g/mol. The second kappa shape index (κ2) is 6.76. The highest BCUT2D eigenvalue weighted by Crippen LogP contribution is 2.04. The summed E-state index contributed by atoms with van der Waals surface area (Å²) < 4.78 is 0. The van der Waals surface area contributed by atoms with Crippen LogP contribution in [0.5, 0.6) is 0 Å². The third-order valence-corrected chi connectivity index (χ3v) is 2.55. The molecule has 2 atom stereocenters. The normalized spacial score (nSPS) is 13.8. The van der Waals surface area contributed by atoms with E-state index in [1.54, 1.807) is 0 Å². The standard InChI is InChI=1S/C13H17NO4/c1-9(7-10-5-3-2-4-6-10)14-11(13(17)18)8-12(15)16/h2-6,9,11,14H,7-8H2,1H3,(H,15,16)(H,17,18)/t9-,11-/m0/s1. The molecule has 0 aliphatic rings. The lowest BCUT2D eigenvalue weighted by Crippen LogP contribution is -2.44. The van der Waals surface area contributed by atoms with Gasteiger partial charge in [-0.2, -0.15) is 0 Å². The van der Waals surface area contributed by atoms with Crippen LogP contribution in [0, 0.1) is 0 Å². The Labute approximate surface area is 105 Å². The van der Waals surface area contributed by atoms with Crippen molar-refractivity contribution in [2.24, 2.45) is 0 Å². The van der Waals surface area contributed by atoms with E-state index in [0.717, 1.165) is 5.56 Å². The van der Waals surface area contributed by atoms with Crippen molar-refractivity contribution in [2.75, 3.05) is 0 Å². The van der Waals surface area contributed by atoms with Crippen LogP contribution in [-0.4, -0.2) is 34.2 Å². The van der Waals surface area contributed by atoms with Crippen LogP contribution in [0.1, 0.15) is 18.9 Å². The van der Waals surface area contributed by atoms with Crippen LogP contribution < -0.4 is 5.32 Å². The molecule has 18 heavy (non-hydrogen) atoms. The van der Waals surface area contributed by atoms with E-state index in [4.69, 9.17) is 10.2 Å². The van der Waals surface area contributed by atoms with Crippen molar-refractivity contribution in [2.45, 2.75) is 31.8 Å². The summed E-state index contributed by atoms with van der Waals surface area (Å²) in [6, 6.07) is 8.47. The molecular weight excluding hydrogens is 234 g/mol. The monoisotopic (exact) mass is 251 g/mol. The molecule has 0 heterocycles. The van der Waals surface area contributed by atoms with Crippen molar-refractivity contribution in [1.82, 2.24) is 5.32 Å². The molecule has 1 rings (SSSR count). The van der Waals surface area contributed by atoms with Gasteiger partial charge in [0.25, 0.3) is 0 Å². The molecule has 3 N–H and O–H groups in total. The van der Waals surface area contributed by atoms with Crippen LogP contribution in [0.25, 0.3) is 0 Å². The van der Waals surface area contributed by atoms with Gasteiger partial charge in [-0.05, 0) is 18.9 Å². The second-order valence-electron chi connectivity index (χ2n) is 4.25. The van der Waals surface area contributed by atoms with Crippen LogP contribution in [0.2, 0.25) is 0 Å². The molecule has 1 aromatic carbocycles. The number of benzene rings is 1. The average Bonchev–Trinajstić information content (AvgIpc) is 2.28.